The van der Waals surface area contributed by atoms with E-state index in [0.717, 1.165) is 19.0 Å². The lowest BCUT2D eigenvalue weighted by Gasteiger charge is -2.29. The van der Waals surface area contributed by atoms with Crippen LogP contribution in [0.5, 0.6) is 0 Å². The lowest BCUT2D eigenvalue weighted by molar-refractivity contribution is 0.0474. The molecule has 1 heterocycles. The van der Waals surface area contributed by atoms with Crippen molar-refractivity contribution in [3.63, 3.8) is 0 Å². The van der Waals surface area contributed by atoms with Gasteiger partial charge in [0.1, 0.15) is 5.60 Å². The van der Waals surface area contributed by atoms with Crippen LogP contribution in [0.15, 0.2) is 4.99 Å². The Morgan fingerprint density at radius 1 is 1.15 bits per heavy atom. The molecule has 0 radical (unpaired) electrons. The van der Waals surface area contributed by atoms with E-state index >= 15 is 0 Å². The van der Waals surface area contributed by atoms with Gasteiger partial charge in [-0.2, -0.15) is 0 Å². The highest BCUT2D eigenvalue weighted by molar-refractivity contribution is 14.0. The number of nitrogens with one attached hydrogen (secondary N) is 3. The molecule has 0 aliphatic carbocycles. The van der Waals surface area contributed by atoms with Crippen LogP contribution in [0.25, 0.3) is 0 Å². The standard InChI is InChI=1S/C19H39N5O2.HI/c1-15(13-24-10-8-9-11-24)12-21-16(20-7)22-14-19(5,6)23-17(25)26-18(2,3)4;/h15H,8-14H2,1-7H3,(H,23,25)(H2,20,21,22);1H. The Kier molecular flexibility index (Phi) is 11.6. The molecule has 7 nitrogen and oxygen atoms in total. The molecule has 8 heteroatoms. The van der Waals surface area contributed by atoms with E-state index in [1.807, 2.05) is 34.6 Å². The lowest BCUT2D eigenvalue weighted by atomic mass is 10.1. The average Bonchev–Trinajstić information content (AvgIpc) is 2.97. The number of carbonyl (C=O) groups is 1. The summed E-state index contributed by atoms with van der Waals surface area (Å²) in [6.45, 7) is 16.7. The number of nitrogens with zero attached hydrogens (tertiary/aromatic N) is 2. The molecule has 0 saturated carbocycles. The maximum atomic E-state index is 12.0. The van der Waals surface area contributed by atoms with Gasteiger partial charge in [-0.25, -0.2) is 4.79 Å². The van der Waals surface area contributed by atoms with Crippen LogP contribution in [0, 0.1) is 5.92 Å². The second-order valence-corrected chi connectivity index (χ2v) is 8.93. The van der Waals surface area contributed by atoms with Crippen molar-refractivity contribution in [2.45, 2.75) is 65.5 Å². The number of amides is 1. The van der Waals surface area contributed by atoms with Gasteiger partial charge in [-0.15, -0.1) is 24.0 Å². The van der Waals surface area contributed by atoms with Crippen LogP contribution in [-0.4, -0.2) is 67.9 Å². The number of hydrogen-bond donors (Lipinski definition) is 3. The number of aliphatic imine (C=N–C) groups is 1. The molecule has 1 saturated heterocycles. The second kappa shape index (κ2) is 11.9. The summed E-state index contributed by atoms with van der Waals surface area (Å²) in [5.74, 6) is 1.30. The summed E-state index contributed by atoms with van der Waals surface area (Å²) < 4.78 is 5.32. The molecule has 0 aromatic carbocycles. The summed E-state index contributed by atoms with van der Waals surface area (Å²) in [6.07, 6.45) is 2.23. The van der Waals surface area contributed by atoms with Crippen molar-refractivity contribution in [2.24, 2.45) is 10.9 Å². The summed E-state index contributed by atoms with van der Waals surface area (Å²) in [7, 11) is 1.76. The number of halogens is 1. The number of ether oxygens (including phenoxy) is 1. The summed E-state index contributed by atoms with van der Waals surface area (Å²) in [4.78, 5) is 18.8. The lowest BCUT2D eigenvalue weighted by Crippen LogP contribution is -2.54. The largest absolute Gasteiger partial charge is 0.444 e. The third-order valence-corrected chi connectivity index (χ3v) is 4.15. The Balaban J connectivity index is 0.00000676. The Labute approximate surface area is 182 Å². The predicted octanol–water partition coefficient (Wildman–Crippen LogP) is 2.80. The normalized spacial score (nSPS) is 17.1. The third-order valence-electron chi connectivity index (χ3n) is 4.15. The van der Waals surface area contributed by atoms with Gasteiger partial charge in [0, 0.05) is 26.7 Å². The molecule has 0 aromatic heterocycles. The number of rotatable bonds is 7. The van der Waals surface area contributed by atoms with Gasteiger partial charge in [-0.1, -0.05) is 6.92 Å². The van der Waals surface area contributed by atoms with Crippen molar-refractivity contribution in [1.82, 2.24) is 20.9 Å². The van der Waals surface area contributed by atoms with Crippen LogP contribution in [0.3, 0.4) is 0 Å². The molecule has 27 heavy (non-hydrogen) atoms. The molecule has 160 valence electrons. The first-order valence-electron chi connectivity index (χ1n) is 9.69. The van der Waals surface area contributed by atoms with Crippen molar-refractivity contribution in [1.29, 1.82) is 0 Å². The molecular weight excluding hydrogens is 457 g/mol. The minimum Gasteiger partial charge on any atom is -0.444 e. The highest BCUT2D eigenvalue weighted by atomic mass is 127. The summed E-state index contributed by atoms with van der Waals surface area (Å²) in [5.41, 5.74) is -0.961. The molecule has 3 N–H and O–H groups in total. The Morgan fingerprint density at radius 2 is 1.74 bits per heavy atom. The number of likely N-dealkylation sites (tertiary alicyclic amines) is 1. The molecule has 1 atom stereocenters. The fourth-order valence-electron chi connectivity index (χ4n) is 2.89. The first-order valence-corrected chi connectivity index (χ1v) is 9.69. The SMILES string of the molecule is CN=C(NCC(C)CN1CCCC1)NCC(C)(C)NC(=O)OC(C)(C)C.I. The minimum absolute atomic E-state index is 0. The molecule has 0 bridgehead atoms. The molecule has 1 unspecified atom stereocenters. The van der Waals surface area contributed by atoms with Crippen LogP contribution in [0.1, 0.15) is 54.4 Å². The molecule has 1 amide bonds. The van der Waals surface area contributed by atoms with E-state index in [-0.39, 0.29) is 24.0 Å². The topological polar surface area (TPSA) is 78.0 Å². The maximum absolute atomic E-state index is 12.0. The molecule has 0 aromatic rings. The van der Waals surface area contributed by atoms with E-state index in [0.29, 0.717) is 12.5 Å². The first-order chi connectivity index (χ1) is 12.0. The first kappa shape index (κ1) is 26.2. The Hall–Kier alpha value is -0.770. The Morgan fingerprint density at radius 3 is 2.26 bits per heavy atom. The van der Waals surface area contributed by atoms with Gasteiger partial charge in [-0.05, 0) is 66.5 Å². The molecule has 1 fully saturated rings. The van der Waals surface area contributed by atoms with Crippen molar-refractivity contribution in [3.05, 3.63) is 0 Å². The molecular formula is C19H40IN5O2. The number of hydrogen-bond acceptors (Lipinski definition) is 4. The van der Waals surface area contributed by atoms with Crippen molar-refractivity contribution in [2.75, 3.05) is 39.8 Å². The zero-order chi connectivity index (χ0) is 19.8. The summed E-state index contributed by atoms with van der Waals surface area (Å²) in [5, 5.41) is 9.55. The fourth-order valence-corrected chi connectivity index (χ4v) is 2.89. The van der Waals surface area contributed by atoms with Crippen molar-refractivity contribution < 1.29 is 9.53 Å². The quantitative estimate of drug-likeness (QED) is 0.287. The van der Waals surface area contributed by atoms with Crippen LogP contribution in [0.4, 0.5) is 4.79 Å². The average molecular weight is 497 g/mol. The van der Waals surface area contributed by atoms with E-state index in [1.54, 1.807) is 7.05 Å². The van der Waals surface area contributed by atoms with E-state index in [2.05, 4.69) is 32.8 Å². The molecule has 1 aliphatic rings. The number of alkyl carbamates (subject to hydrolysis) is 1. The number of carbonyl (C=O) groups excluding carboxylic acids is 1. The van der Waals surface area contributed by atoms with Crippen LogP contribution < -0.4 is 16.0 Å². The van der Waals surface area contributed by atoms with Crippen molar-refractivity contribution in [3.8, 4) is 0 Å². The van der Waals surface area contributed by atoms with E-state index in [4.69, 9.17) is 4.74 Å². The van der Waals surface area contributed by atoms with E-state index in [9.17, 15) is 4.79 Å². The zero-order valence-electron chi connectivity index (χ0n) is 18.1. The van der Waals surface area contributed by atoms with Gasteiger partial charge < -0.3 is 25.6 Å². The summed E-state index contributed by atoms with van der Waals surface area (Å²) >= 11 is 0. The van der Waals surface area contributed by atoms with Crippen LogP contribution >= 0.6 is 24.0 Å². The predicted molar refractivity (Wildman–Crippen MR) is 123 cm³/mol. The van der Waals surface area contributed by atoms with Gasteiger partial charge >= 0.3 is 6.09 Å². The smallest absolute Gasteiger partial charge is 0.408 e. The van der Waals surface area contributed by atoms with Crippen molar-refractivity contribution >= 4 is 36.0 Å². The zero-order valence-corrected chi connectivity index (χ0v) is 20.5. The molecule has 1 rings (SSSR count). The van der Waals surface area contributed by atoms with Gasteiger partial charge in [0.2, 0.25) is 0 Å². The summed E-state index contributed by atoms with van der Waals surface area (Å²) in [6, 6.07) is 0. The van der Waals surface area contributed by atoms with Gasteiger partial charge in [0.15, 0.2) is 5.96 Å². The highest BCUT2D eigenvalue weighted by Crippen LogP contribution is 2.10. The second-order valence-electron chi connectivity index (χ2n) is 8.93. The van der Waals surface area contributed by atoms with Crippen LogP contribution in [0.2, 0.25) is 0 Å². The number of guanidine groups is 1. The molecule has 1 aliphatic heterocycles. The van der Waals surface area contributed by atoms with E-state index in [1.165, 1.54) is 25.9 Å². The fraction of sp³-hybridized carbons (Fsp3) is 0.895. The maximum Gasteiger partial charge on any atom is 0.408 e. The molecule has 0 spiro atoms. The van der Waals surface area contributed by atoms with Gasteiger partial charge in [0.05, 0.1) is 5.54 Å². The van der Waals surface area contributed by atoms with Gasteiger partial charge in [0.25, 0.3) is 0 Å². The minimum atomic E-state index is -0.503. The van der Waals surface area contributed by atoms with E-state index < -0.39 is 17.2 Å². The third kappa shape index (κ3) is 12.3. The Bertz CT molecular complexity index is 471. The highest BCUT2D eigenvalue weighted by Gasteiger charge is 2.25. The van der Waals surface area contributed by atoms with Gasteiger partial charge in [-0.3, -0.25) is 4.99 Å². The monoisotopic (exact) mass is 497 g/mol. The van der Waals surface area contributed by atoms with Crippen LogP contribution in [-0.2, 0) is 4.74 Å².